The van der Waals surface area contributed by atoms with Crippen LogP contribution in [0.1, 0.15) is 37.3 Å². The van der Waals surface area contributed by atoms with Crippen molar-refractivity contribution in [3.63, 3.8) is 0 Å². The first-order chi connectivity index (χ1) is 9.20. The van der Waals surface area contributed by atoms with Crippen LogP contribution in [0.5, 0.6) is 0 Å². The van der Waals surface area contributed by atoms with Crippen LogP contribution in [0.3, 0.4) is 0 Å². The van der Waals surface area contributed by atoms with Gasteiger partial charge in [-0.3, -0.25) is 4.90 Å². The lowest BCUT2D eigenvalue weighted by Gasteiger charge is -2.37. The van der Waals surface area contributed by atoms with E-state index in [0.29, 0.717) is 6.04 Å². The smallest absolute Gasteiger partial charge is 0.0558 e. The molecule has 3 nitrogen and oxygen atoms in total. The molecule has 0 heterocycles. The van der Waals surface area contributed by atoms with Crippen molar-refractivity contribution < 1.29 is 5.11 Å². The molecule has 1 aliphatic rings. The Morgan fingerprint density at radius 2 is 1.95 bits per heavy atom. The van der Waals surface area contributed by atoms with Crippen LogP contribution in [0.2, 0.25) is 5.02 Å². The highest BCUT2D eigenvalue weighted by Crippen LogP contribution is 2.26. The first-order valence-corrected chi connectivity index (χ1v) is 7.44. The first kappa shape index (κ1) is 14.8. The second-order valence-corrected chi connectivity index (χ2v) is 5.73. The van der Waals surface area contributed by atoms with Crippen LogP contribution in [0.4, 0.5) is 0 Å². The maximum absolute atomic E-state index is 9.13. The minimum Gasteiger partial charge on any atom is -0.395 e. The average molecular weight is 283 g/mol. The Labute approximate surface area is 120 Å². The maximum atomic E-state index is 9.13. The minimum atomic E-state index is 0.0403. The zero-order valence-corrected chi connectivity index (χ0v) is 12.0. The van der Waals surface area contributed by atoms with E-state index in [1.807, 2.05) is 24.3 Å². The van der Waals surface area contributed by atoms with Gasteiger partial charge in [-0.1, -0.05) is 30.2 Å². The number of hydrogen-bond acceptors (Lipinski definition) is 3. The molecule has 3 N–H and O–H groups in total. The Morgan fingerprint density at radius 3 is 2.47 bits per heavy atom. The molecule has 1 saturated carbocycles. The van der Waals surface area contributed by atoms with Crippen LogP contribution in [-0.4, -0.2) is 35.7 Å². The van der Waals surface area contributed by atoms with Crippen molar-refractivity contribution in [1.82, 2.24) is 4.90 Å². The molecular weight excluding hydrogens is 260 g/mol. The van der Waals surface area contributed by atoms with Gasteiger partial charge in [0.05, 0.1) is 6.61 Å². The molecule has 0 radical (unpaired) electrons. The zero-order chi connectivity index (χ0) is 13.7. The monoisotopic (exact) mass is 282 g/mol. The van der Waals surface area contributed by atoms with Crippen LogP contribution in [-0.2, 0) is 0 Å². The Balaban J connectivity index is 1.83. The second kappa shape index (κ2) is 7.25. The number of aliphatic hydroxyl groups is 1. The van der Waals surface area contributed by atoms with Gasteiger partial charge in [0, 0.05) is 30.2 Å². The lowest BCUT2D eigenvalue weighted by atomic mass is 9.91. The number of aliphatic hydroxyl groups excluding tert-OH is 1. The second-order valence-electron chi connectivity index (χ2n) is 5.29. The predicted octanol–water partition coefficient (Wildman–Crippen LogP) is 2.58. The third-order valence-corrected chi connectivity index (χ3v) is 4.26. The topological polar surface area (TPSA) is 49.5 Å². The summed E-state index contributed by atoms with van der Waals surface area (Å²) in [4.78, 5) is 2.37. The van der Waals surface area contributed by atoms with Crippen molar-refractivity contribution in [2.75, 3.05) is 19.7 Å². The molecule has 0 aromatic heterocycles. The van der Waals surface area contributed by atoms with Crippen molar-refractivity contribution >= 4 is 11.6 Å². The fourth-order valence-corrected chi connectivity index (χ4v) is 2.66. The Hall–Kier alpha value is -0.610. The molecular formula is C15H23ClN2O. The molecule has 1 aromatic rings. The molecule has 4 heteroatoms. The first-order valence-electron chi connectivity index (χ1n) is 7.06. The quantitative estimate of drug-likeness (QED) is 0.808. The fourth-order valence-electron chi connectivity index (χ4n) is 2.54. The predicted molar refractivity (Wildman–Crippen MR) is 79.3 cm³/mol. The lowest BCUT2D eigenvalue weighted by Crippen LogP contribution is -2.43. The lowest BCUT2D eigenvalue weighted by molar-refractivity contribution is 0.0982. The molecule has 0 saturated heterocycles. The van der Waals surface area contributed by atoms with E-state index < -0.39 is 0 Å². The SMILES string of the molecule is NC(CCN(CCO)C1CCC1)c1ccc(Cl)cc1. The van der Waals surface area contributed by atoms with Crippen molar-refractivity contribution in [3.8, 4) is 0 Å². The average Bonchev–Trinajstić information content (AvgIpc) is 2.34. The van der Waals surface area contributed by atoms with E-state index in [2.05, 4.69) is 4.90 Å². The highest BCUT2D eigenvalue weighted by atomic mass is 35.5. The summed E-state index contributed by atoms with van der Waals surface area (Å²) in [7, 11) is 0. The molecule has 19 heavy (non-hydrogen) atoms. The van der Waals surface area contributed by atoms with Gasteiger partial charge < -0.3 is 10.8 Å². The van der Waals surface area contributed by atoms with E-state index in [0.717, 1.165) is 30.1 Å². The van der Waals surface area contributed by atoms with Gasteiger partial charge in [-0.2, -0.15) is 0 Å². The van der Waals surface area contributed by atoms with Crippen LogP contribution in [0, 0.1) is 0 Å². The number of nitrogens with zero attached hydrogens (tertiary/aromatic N) is 1. The van der Waals surface area contributed by atoms with Gasteiger partial charge in [0.1, 0.15) is 0 Å². The maximum Gasteiger partial charge on any atom is 0.0558 e. The van der Waals surface area contributed by atoms with E-state index in [1.165, 1.54) is 19.3 Å². The summed E-state index contributed by atoms with van der Waals surface area (Å²) in [5.74, 6) is 0. The molecule has 1 atom stereocenters. The molecule has 0 bridgehead atoms. The van der Waals surface area contributed by atoms with Crippen LogP contribution in [0.15, 0.2) is 24.3 Å². The van der Waals surface area contributed by atoms with Crippen molar-refractivity contribution in [2.45, 2.75) is 37.8 Å². The fraction of sp³-hybridized carbons (Fsp3) is 0.600. The summed E-state index contributed by atoms with van der Waals surface area (Å²) in [6, 6.07) is 8.45. The number of hydrogen-bond donors (Lipinski definition) is 2. The summed E-state index contributed by atoms with van der Waals surface area (Å²) < 4.78 is 0. The Bertz CT molecular complexity index is 378. The highest BCUT2D eigenvalue weighted by molar-refractivity contribution is 6.30. The molecule has 1 aliphatic carbocycles. The summed E-state index contributed by atoms with van der Waals surface area (Å²) in [6.07, 6.45) is 4.75. The van der Waals surface area contributed by atoms with Crippen LogP contribution >= 0.6 is 11.6 Å². The Morgan fingerprint density at radius 1 is 1.26 bits per heavy atom. The summed E-state index contributed by atoms with van der Waals surface area (Å²) >= 11 is 5.88. The third kappa shape index (κ3) is 4.18. The molecule has 2 rings (SSSR count). The van der Waals surface area contributed by atoms with Gasteiger partial charge in [0.25, 0.3) is 0 Å². The van der Waals surface area contributed by atoms with Gasteiger partial charge in [0.2, 0.25) is 0 Å². The zero-order valence-electron chi connectivity index (χ0n) is 11.3. The van der Waals surface area contributed by atoms with Crippen LogP contribution < -0.4 is 5.73 Å². The summed E-state index contributed by atoms with van der Waals surface area (Å²) in [6.45, 7) is 1.94. The van der Waals surface area contributed by atoms with Gasteiger partial charge >= 0.3 is 0 Å². The van der Waals surface area contributed by atoms with Crippen molar-refractivity contribution in [2.24, 2.45) is 5.73 Å². The molecule has 106 valence electrons. The minimum absolute atomic E-state index is 0.0403. The van der Waals surface area contributed by atoms with Crippen molar-refractivity contribution in [1.29, 1.82) is 0 Å². The van der Waals surface area contributed by atoms with E-state index in [9.17, 15) is 0 Å². The van der Waals surface area contributed by atoms with Crippen molar-refractivity contribution in [3.05, 3.63) is 34.9 Å². The molecule has 0 amide bonds. The molecule has 1 aromatic carbocycles. The van der Waals surface area contributed by atoms with E-state index in [1.54, 1.807) is 0 Å². The molecule has 1 fully saturated rings. The van der Waals surface area contributed by atoms with E-state index in [-0.39, 0.29) is 12.6 Å². The van der Waals surface area contributed by atoms with E-state index in [4.69, 9.17) is 22.4 Å². The van der Waals surface area contributed by atoms with Gasteiger partial charge in [0.15, 0.2) is 0 Å². The standard InChI is InChI=1S/C15H23ClN2O/c16-13-6-4-12(5-7-13)15(17)8-9-18(10-11-19)14-2-1-3-14/h4-7,14-15,19H,1-3,8-11,17H2. The molecule has 0 spiro atoms. The third-order valence-electron chi connectivity index (χ3n) is 4.00. The number of benzene rings is 1. The molecule has 1 unspecified atom stereocenters. The highest BCUT2D eigenvalue weighted by Gasteiger charge is 2.24. The normalized spacial score (nSPS) is 17.5. The molecule has 0 aliphatic heterocycles. The van der Waals surface area contributed by atoms with Gasteiger partial charge in [-0.05, 0) is 37.0 Å². The summed E-state index contributed by atoms with van der Waals surface area (Å²) in [5.41, 5.74) is 7.34. The summed E-state index contributed by atoms with van der Waals surface area (Å²) in [5, 5.41) is 9.87. The van der Waals surface area contributed by atoms with Gasteiger partial charge in [-0.25, -0.2) is 0 Å². The Kier molecular flexibility index (Phi) is 5.64. The number of rotatable bonds is 7. The van der Waals surface area contributed by atoms with Gasteiger partial charge in [-0.15, -0.1) is 0 Å². The van der Waals surface area contributed by atoms with E-state index >= 15 is 0 Å². The largest absolute Gasteiger partial charge is 0.395 e. The number of nitrogens with two attached hydrogens (primary N) is 1. The number of halogens is 1. The van der Waals surface area contributed by atoms with Crippen LogP contribution in [0.25, 0.3) is 0 Å².